The zero-order valence-corrected chi connectivity index (χ0v) is 11.5. The summed E-state index contributed by atoms with van der Waals surface area (Å²) in [5.74, 6) is 1.70. The first-order valence-electron chi connectivity index (χ1n) is 5.84. The van der Waals surface area contributed by atoms with E-state index in [2.05, 4.69) is 18.4 Å². The maximum Gasteiger partial charge on any atom is 0.127 e. The number of thioether (sulfide) groups is 1. The maximum absolute atomic E-state index is 5.81. The largest absolute Gasteiger partial charge is 0.457 e. The van der Waals surface area contributed by atoms with Gasteiger partial charge in [-0.25, -0.2) is 0 Å². The molecular formula is C15H17NOS. The minimum Gasteiger partial charge on any atom is -0.457 e. The van der Waals surface area contributed by atoms with E-state index in [4.69, 9.17) is 10.5 Å². The summed E-state index contributed by atoms with van der Waals surface area (Å²) in [7, 11) is 0. The number of hydrogen-bond donors (Lipinski definition) is 1. The minimum atomic E-state index is 0.564. The number of hydrogen-bond acceptors (Lipinski definition) is 3. The van der Waals surface area contributed by atoms with Gasteiger partial charge in [-0.1, -0.05) is 6.07 Å². The molecule has 2 aromatic carbocycles. The Hall–Kier alpha value is -1.45. The summed E-state index contributed by atoms with van der Waals surface area (Å²) in [5.41, 5.74) is 7.96. The SMILES string of the molecule is CSc1ccc(Oc2ccc(CN)c(C)c2)cc1. The predicted octanol–water partition coefficient (Wildman–Crippen LogP) is 3.97. The van der Waals surface area contributed by atoms with Gasteiger partial charge in [0, 0.05) is 11.4 Å². The second kappa shape index (κ2) is 5.94. The second-order valence-corrected chi connectivity index (χ2v) is 4.95. The van der Waals surface area contributed by atoms with Crippen LogP contribution in [0, 0.1) is 6.92 Å². The van der Waals surface area contributed by atoms with Gasteiger partial charge in [0.25, 0.3) is 0 Å². The lowest BCUT2D eigenvalue weighted by Gasteiger charge is -2.09. The first-order chi connectivity index (χ1) is 8.72. The van der Waals surface area contributed by atoms with Crippen molar-refractivity contribution in [2.75, 3.05) is 6.26 Å². The lowest BCUT2D eigenvalue weighted by atomic mass is 10.1. The number of benzene rings is 2. The Bertz CT molecular complexity index is 523. The van der Waals surface area contributed by atoms with Gasteiger partial charge < -0.3 is 10.5 Å². The molecule has 0 atom stereocenters. The molecule has 2 nitrogen and oxygen atoms in total. The van der Waals surface area contributed by atoms with Crippen LogP contribution in [0.25, 0.3) is 0 Å². The van der Waals surface area contributed by atoms with E-state index < -0.39 is 0 Å². The van der Waals surface area contributed by atoms with Crippen molar-refractivity contribution in [2.45, 2.75) is 18.4 Å². The first kappa shape index (κ1) is 13.0. The molecule has 0 fully saturated rings. The summed E-state index contributed by atoms with van der Waals surface area (Å²) in [5, 5.41) is 0. The van der Waals surface area contributed by atoms with Crippen LogP contribution in [-0.4, -0.2) is 6.26 Å². The summed E-state index contributed by atoms with van der Waals surface area (Å²) in [6.07, 6.45) is 2.06. The molecule has 0 aromatic heterocycles. The molecule has 94 valence electrons. The Morgan fingerprint density at radius 1 is 1.06 bits per heavy atom. The third-order valence-electron chi connectivity index (χ3n) is 2.83. The molecule has 0 aliphatic heterocycles. The molecule has 0 radical (unpaired) electrons. The minimum absolute atomic E-state index is 0.564. The van der Waals surface area contributed by atoms with Crippen molar-refractivity contribution in [3.8, 4) is 11.5 Å². The molecule has 0 aliphatic carbocycles. The van der Waals surface area contributed by atoms with E-state index >= 15 is 0 Å². The Labute approximate surface area is 112 Å². The first-order valence-corrected chi connectivity index (χ1v) is 7.07. The van der Waals surface area contributed by atoms with Crippen LogP contribution in [-0.2, 0) is 6.54 Å². The van der Waals surface area contributed by atoms with E-state index in [1.165, 1.54) is 4.90 Å². The number of aryl methyl sites for hydroxylation is 1. The zero-order valence-electron chi connectivity index (χ0n) is 10.6. The topological polar surface area (TPSA) is 35.2 Å². The van der Waals surface area contributed by atoms with Crippen LogP contribution in [0.3, 0.4) is 0 Å². The quantitative estimate of drug-likeness (QED) is 0.844. The molecule has 0 saturated heterocycles. The average molecular weight is 259 g/mol. The molecule has 2 rings (SSSR count). The van der Waals surface area contributed by atoms with Crippen molar-refractivity contribution >= 4 is 11.8 Å². The van der Waals surface area contributed by atoms with Crippen molar-refractivity contribution < 1.29 is 4.74 Å². The third kappa shape index (κ3) is 3.06. The number of ether oxygens (including phenoxy) is 1. The lowest BCUT2D eigenvalue weighted by Crippen LogP contribution is -1.98. The van der Waals surface area contributed by atoms with E-state index in [0.29, 0.717) is 6.54 Å². The smallest absolute Gasteiger partial charge is 0.127 e. The fraction of sp³-hybridized carbons (Fsp3) is 0.200. The van der Waals surface area contributed by atoms with E-state index in [9.17, 15) is 0 Å². The summed E-state index contributed by atoms with van der Waals surface area (Å²) < 4.78 is 5.81. The van der Waals surface area contributed by atoms with Crippen LogP contribution in [0.2, 0.25) is 0 Å². The second-order valence-electron chi connectivity index (χ2n) is 4.07. The predicted molar refractivity (Wildman–Crippen MR) is 77.4 cm³/mol. The normalized spacial score (nSPS) is 10.4. The summed E-state index contributed by atoms with van der Waals surface area (Å²) in [4.78, 5) is 1.23. The Morgan fingerprint density at radius 3 is 2.28 bits per heavy atom. The molecule has 0 spiro atoms. The van der Waals surface area contributed by atoms with E-state index in [1.807, 2.05) is 37.3 Å². The standard InChI is InChI=1S/C15H17NOS/c1-11-9-14(4-3-12(11)10-16)17-13-5-7-15(18-2)8-6-13/h3-9H,10,16H2,1-2H3. The van der Waals surface area contributed by atoms with Crippen molar-refractivity contribution in [2.24, 2.45) is 5.73 Å². The van der Waals surface area contributed by atoms with Crippen molar-refractivity contribution in [3.05, 3.63) is 53.6 Å². The van der Waals surface area contributed by atoms with Gasteiger partial charge in [-0.05, 0) is 60.7 Å². The average Bonchev–Trinajstić information content (AvgIpc) is 2.40. The molecular weight excluding hydrogens is 242 g/mol. The molecule has 0 bridgehead atoms. The van der Waals surface area contributed by atoms with Crippen LogP contribution >= 0.6 is 11.8 Å². The third-order valence-corrected chi connectivity index (χ3v) is 3.57. The fourth-order valence-electron chi connectivity index (χ4n) is 1.74. The zero-order chi connectivity index (χ0) is 13.0. The van der Waals surface area contributed by atoms with Crippen molar-refractivity contribution in [3.63, 3.8) is 0 Å². The van der Waals surface area contributed by atoms with Gasteiger partial charge in [0.1, 0.15) is 11.5 Å². The van der Waals surface area contributed by atoms with Crippen LogP contribution in [0.5, 0.6) is 11.5 Å². The van der Waals surface area contributed by atoms with E-state index in [-0.39, 0.29) is 0 Å². The highest BCUT2D eigenvalue weighted by Crippen LogP contribution is 2.25. The van der Waals surface area contributed by atoms with Gasteiger partial charge in [0.05, 0.1) is 0 Å². The summed E-state index contributed by atoms with van der Waals surface area (Å²) in [6.45, 7) is 2.61. The highest BCUT2D eigenvalue weighted by atomic mass is 32.2. The van der Waals surface area contributed by atoms with Crippen molar-refractivity contribution in [1.82, 2.24) is 0 Å². The molecule has 0 saturated carbocycles. The molecule has 0 unspecified atom stereocenters. The Balaban J connectivity index is 2.15. The van der Waals surface area contributed by atoms with Crippen LogP contribution in [0.4, 0.5) is 0 Å². The van der Waals surface area contributed by atoms with Gasteiger partial charge in [-0.3, -0.25) is 0 Å². The summed E-state index contributed by atoms with van der Waals surface area (Å²) >= 11 is 1.72. The molecule has 0 amide bonds. The molecule has 3 heteroatoms. The molecule has 0 heterocycles. The number of nitrogens with two attached hydrogens (primary N) is 1. The van der Waals surface area contributed by atoms with Crippen LogP contribution in [0.15, 0.2) is 47.4 Å². The molecule has 18 heavy (non-hydrogen) atoms. The van der Waals surface area contributed by atoms with Gasteiger partial charge in [0.2, 0.25) is 0 Å². The van der Waals surface area contributed by atoms with Crippen LogP contribution in [0.1, 0.15) is 11.1 Å². The molecule has 0 aliphatic rings. The Morgan fingerprint density at radius 2 is 1.72 bits per heavy atom. The van der Waals surface area contributed by atoms with Gasteiger partial charge in [0.15, 0.2) is 0 Å². The highest BCUT2D eigenvalue weighted by molar-refractivity contribution is 7.98. The lowest BCUT2D eigenvalue weighted by molar-refractivity contribution is 0.481. The molecule has 2 N–H and O–H groups in total. The Kier molecular flexibility index (Phi) is 4.28. The van der Waals surface area contributed by atoms with Crippen molar-refractivity contribution in [1.29, 1.82) is 0 Å². The monoisotopic (exact) mass is 259 g/mol. The highest BCUT2D eigenvalue weighted by Gasteiger charge is 2.01. The van der Waals surface area contributed by atoms with Gasteiger partial charge in [-0.15, -0.1) is 11.8 Å². The molecule has 2 aromatic rings. The van der Waals surface area contributed by atoms with Gasteiger partial charge in [-0.2, -0.15) is 0 Å². The van der Waals surface area contributed by atoms with E-state index in [0.717, 1.165) is 22.6 Å². The fourth-order valence-corrected chi connectivity index (χ4v) is 2.15. The van der Waals surface area contributed by atoms with Gasteiger partial charge >= 0.3 is 0 Å². The number of rotatable bonds is 4. The maximum atomic E-state index is 5.81. The summed E-state index contributed by atoms with van der Waals surface area (Å²) in [6, 6.07) is 14.1. The van der Waals surface area contributed by atoms with Crippen LogP contribution < -0.4 is 10.5 Å². The van der Waals surface area contributed by atoms with E-state index in [1.54, 1.807) is 11.8 Å².